The highest BCUT2D eigenvalue weighted by molar-refractivity contribution is 6.31. The lowest BCUT2D eigenvalue weighted by Gasteiger charge is -2.29. The summed E-state index contributed by atoms with van der Waals surface area (Å²) in [6, 6.07) is 21.1. The summed E-state index contributed by atoms with van der Waals surface area (Å²) in [4.78, 5) is 65.3. The lowest BCUT2D eigenvalue weighted by Crippen LogP contribution is -2.52. The first-order valence-corrected chi connectivity index (χ1v) is 23.7. The summed E-state index contributed by atoms with van der Waals surface area (Å²) in [7, 11) is 0. The Bertz CT molecular complexity index is 2920. The van der Waals surface area contributed by atoms with Gasteiger partial charge < -0.3 is 20.9 Å². The second-order valence-electron chi connectivity index (χ2n) is 17.3. The number of unbranched alkanes of at least 4 members (excludes halogenated alkanes) is 6. The maximum Gasteiger partial charge on any atom is 0.255 e. The SMILES string of the molecule is O=C1CCC(N2Cc3c(NC(=O)CCCCCCCCCNCCn4cc(-c5ccc(Nc6ncc7c(n6)-c6ccc(Cl)cc6C(c6c(F)cccc6F)=NC7)cc5)nn4)cccc3C2=O)C(=O)N1. The van der Waals surface area contributed by atoms with Gasteiger partial charge in [-0.25, -0.2) is 18.7 Å². The number of benzene rings is 4. The number of aromatic nitrogens is 5. The zero-order valence-electron chi connectivity index (χ0n) is 37.7. The van der Waals surface area contributed by atoms with Crippen LogP contribution in [-0.2, 0) is 34.0 Å². The van der Waals surface area contributed by atoms with Crippen LogP contribution in [0.15, 0.2) is 96.2 Å². The fourth-order valence-electron chi connectivity index (χ4n) is 8.97. The van der Waals surface area contributed by atoms with Gasteiger partial charge in [-0.3, -0.25) is 34.2 Å². The molecule has 0 spiro atoms. The van der Waals surface area contributed by atoms with E-state index >= 15 is 0 Å². The largest absolute Gasteiger partial charge is 0.326 e. The molecule has 69 heavy (non-hydrogen) atoms. The van der Waals surface area contributed by atoms with Gasteiger partial charge >= 0.3 is 0 Å². The molecule has 0 saturated carbocycles. The minimum atomic E-state index is -0.717. The molecular weight excluding hydrogens is 904 g/mol. The molecule has 4 amide bonds. The molecule has 2 aromatic heterocycles. The standard InChI is InChI=1S/C51H50ClF2N11O4/c52-33-17-20-35-37(26-33)48(46-39(53)11-9-12-40(46)54)56-27-32-28-57-51(61-47(32)35)58-34-18-15-31(16-19-34)42-30-64(63-62-42)25-24-55-23-7-5-3-1-2-4-6-14-44(66)59-41-13-8-10-36-38(41)29-65(50(36)69)43-21-22-45(67)60-49(43)68/h8-13,15-20,26,28,30,43,55H,1-7,14,21-25,27,29H2,(H,59,66)(H,57,58,61)(H,60,67,68). The number of hydrogen-bond acceptors (Lipinski definition) is 11. The number of nitrogens with zero attached hydrogens (tertiary/aromatic N) is 7. The van der Waals surface area contributed by atoms with Crippen molar-refractivity contribution >= 4 is 58.3 Å². The number of carbonyl (C=O) groups excluding carboxylic acids is 4. The number of carbonyl (C=O) groups is 4. The summed E-state index contributed by atoms with van der Waals surface area (Å²) in [5, 5.41) is 21.1. The summed E-state index contributed by atoms with van der Waals surface area (Å²) in [6.45, 7) is 2.69. The molecule has 0 radical (unpaired) electrons. The molecule has 4 N–H and O–H groups in total. The maximum absolute atomic E-state index is 15.0. The van der Waals surface area contributed by atoms with Gasteiger partial charge in [-0.2, -0.15) is 0 Å². The first-order chi connectivity index (χ1) is 33.6. The predicted octanol–water partition coefficient (Wildman–Crippen LogP) is 8.54. The molecule has 15 nitrogen and oxygen atoms in total. The van der Waals surface area contributed by atoms with Gasteiger partial charge in [0.05, 0.1) is 36.3 Å². The third kappa shape index (κ3) is 10.9. The van der Waals surface area contributed by atoms with Gasteiger partial charge in [0.25, 0.3) is 5.91 Å². The molecular formula is C51H50ClF2N11O4. The molecule has 1 atom stereocenters. The fraction of sp³-hybridized carbons (Fsp3) is 0.314. The topological polar surface area (TPSA) is 188 Å². The number of amides is 4. The van der Waals surface area contributed by atoms with Gasteiger partial charge in [-0.15, -0.1) is 5.10 Å². The van der Waals surface area contributed by atoms with Gasteiger partial charge in [0, 0.05) is 81.9 Å². The van der Waals surface area contributed by atoms with Crippen LogP contribution in [0.4, 0.5) is 26.1 Å². The smallest absolute Gasteiger partial charge is 0.255 e. The van der Waals surface area contributed by atoms with Crippen molar-refractivity contribution in [2.24, 2.45) is 4.99 Å². The number of rotatable bonds is 19. The highest BCUT2D eigenvalue weighted by Crippen LogP contribution is 2.36. The van der Waals surface area contributed by atoms with Crippen LogP contribution in [0.5, 0.6) is 0 Å². The molecule has 1 unspecified atom stereocenters. The number of imide groups is 1. The Morgan fingerprint density at radius 2 is 1.62 bits per heavy atom. The molecule has 0 bridgehead atoms. The second-order valence-corrected chi connectivity index (χ2v) is 17.8. The van der Waals surface area contributed by atoms with E-state index in [0.29, 0.717) is 63.1 Å². The number of hydrogen-bond donors (Lipinski definition) is 4. The number of nitrogens with one attached hydrogen (secondary N) is 4. The van der Waals surface area contributed by atoms with Gasteiger partial charge in [0.1, 0.15) is 23.4 Å². The first-order valence-electron chi connectivity index (χ1n) is 23.3. The van der Waals surface area contributed by atoms with Crippen molar-refractivity contribution in [3.8, 4) is 22.5 Å². The zero-order chi connectivity index (χ0) is 47.9. The van der Waals surface area contributed by atoms with E-state index in [1.165, 1.54) is 23.1 Å². The average molecular weight is 954 g/mol. The molecule has 9 rings (SSSR count). The number of piperidine rings is 1. The molecule has 1 saturated heterocycles. The first kappa shape index (κ1) is 46.9. The van der Waals surface area contributed by atoms with Crippen LogP contribution in [0, 0.1) is 11.6 Å². The van der Waals surface area contributed by atoms with E-state index in [2.05, 4.69) is 41.6 Å². The number of halogens is 3. The molecule has 18 heteroatoms. The normalized spacial score (nSPS) is 15.2. The predicted molar refractivity (Wildman–Crippen MR) is 258 cm³/mol. The average Bonchev–Trinajstić information content (AvgIpc) is 3.91. The number of anilines is 3. The third-order valence-electron chi connectivity index (χ3n) is 12.6. The zero-order valence-corrected chi connectivity index (χ0v) is 38.5. The lowest BCUT2D eigenvalue weighted by atomic mass is 9.95. The summed E-state index contributed by atoms with van der Waals surface area (Å²) in [5.74, 6) is -2.25. The quantitative estimate of drug-likeness (QED) is 0.0453. The van der Waals surface area contributed by atoms with E-state index in [0.717, 1.165) is 75.0 Å². The summed E-state index contributed by atoms with van der Waals surface area (Å²) in [6.07, 6.45) is 11.7. The third-order valence-corrected chi connectivity index (χ3v) is 12.8. The summed E-state index contributed by atoms with van der Waals surface area (Å²) in [5.41, 5.74) is 6.50. The maximum atomic E-state index is 15.0. The van der Waals surface area contributed by atoms with E-state index in [9.17, 15) is 28.0 Å². The Kier molecular flexibility index (Phi) is 14.5. The Labute approximate surface area is 402 Å². The minimum Gasteiger partial charge on any atom is -0.326 e. The van der Waals surface area contributed by atoms with Crippen molar-refractivity contribution in [1.82, 2.24) is 40.5 Å². The van der Waals surface area contributed by atoms with Crippen LogP contribution in [0.3, 0.4) is 0 Å². The highest BCUT2D eigenvalue weighted by atomic mass is 35.5. The van der Waals surface area contributed by atoms with Crippen LogP contribution < -0.4 is 21.3 Å². The van der Waals surface area contributed by atoms with E-state index in [1.54, 1.807) is 42.6 Å². The molecule has 6 aromatic rings. The van der Waals surface area contributed by atoms with Gasteiger partial charge in [-0.05, 0) is 74.3 Å². The van der Waals surface area contributed by atoms with Crippen LogP contribution in [0.1, 0.15) is 96.8 Å². The van der Waals surface area contributed by atoms with Crippen LogP contribution >= 0.6 is 11.6 Å². The Balaban J connectivity index is 0.657. The second kappa shape index (κ2) is 21.4. The Hall–Kier alpha value is -7.24. The van der Waals surface area contributed by atoms with E-state index in [-0.39, 0.29) is 54.9 Å². The molecule has 354 valence electrons. The number of aliphatic imine (C=N–C) groups is 1. The number of fused-ring (bicyclic) bond motifs is 4. The van der Waals surface area contributed by atoms with E-state index < -0.39 is 23.6 Å². The molecule has 0 aliphatic carbocycles. The van der Waals surface area contributed by atoms with Crippen LogP contribution in [-0.4, -0.2) is 78.3 Å². The summed E-state index contributed by atoms with van der Waals surface area (Å²) < 4.78 is 31.7. The van der Waals surface area contributed by atoms with E-state index in [4.69, 9.17) is 16.6 Å². The van der Waals surface area contributed by atoms with Crippen molar-refractivity contribution in [2.45, 2.75) is 89.9 Å². The van der Waals surface area contributed by atoms with Crippen molar-refractivity contribution in [2.75, 3.05) is 23.7 Å². The lowest BCUT2D eigenvalue weighted by molar-refractivity contribution is -0.137. The molecule has 4 aromatic carbocycles. The van der Waals surface area contributed by atoms with Crippen molar-refractivity contribution in [3.63, 3.8) is 0 Å². The minimum absolute atomic E-state index is 0.0985. The highest BCUT2D eigenvalue weighted by Gasteiger charge is 2.40. The molecule has 3 aliphatic rings. The molecule has 5 heterocycles. The Morgan fingerprint density at radius 3 is 2.42 bits per heavy atom. The Morgan fingerprint density at radius 1 is 0.855 bits per heavy atom. The fourth-order valence-corrected chi connectivity index (χ4v) is 9.14. The van der Waals surface area contributed by atoms with Crippen LogP contribution in [0.25, 0.3) is 22.5 Å². The van der Waals surface area contributed by atoms with Gasteiger partial charge in [-0.1, -0.05) is 79.3 Å². The van der Waals surface area contributed by atoms with Crippen molar-refractivity contribution < 1.29 is 28.0 Å². The van der Waals surface area contributed by atoms with E-state index in [1.807, 2.05) is 35.1 Å². The molecule has 1 fully saturated rings. The summed E-state index contributed by atoms with van der Waals surface area (Å²) >= 11 is 6.37. The van der Waals surface area contributed by atoms with Crippen molar-refractivity contribution in [1.29, 1.82) is 0 Å². The van der Waals surface area contributed by atoms with Gasteiger partial charge in [0.15, 0.2) is 0 Å². The van der Waals surface area contributed by atoms with Crippen molar-refractivity contribution in [3.05, 3.63) is 136 Å². The van der Waals surface area contributed by atoms with Crippen LogP contribution in [0.2, 0.25) is 5.02 Å². The monoisotopic (exact) mass is 953 g/mol. The van der Waals surface area contributed by atoms with Gasteiger partial charge in [0.2, 0.25) is 23.7 Å². The molecule has 3 aliphatic heterocycles.